The number of nitrogens with one attached hydrogen (secondary N) is 1. The maximum absolute atomic E-state index is 12.4. The molecule has 5 nitrogen and oxygen atoms in total. The number of hydrogen-bond donors (Lipinski definition) is 1. The lowest BCUT2D eigenvalue weighted by atomic mass is 10.1. The van der Waals surface area contributed by atoms with Crippen molar-refractivity contribution in [3.05, 3.63) is 59.7 Å². The second-order valence-corrected chi connectivity index (χ2v) is 5.89. The van der Waals surface area contributed by atoms with Gasteiger partial charge in [0.05, 0.1) is 12.2 Å². The SMILES string of the molecule is CCCOC(=O)c1ccc(NC(=O)c2ccc(N(CC)CC)cc2)cc1. The summed E-state index contributed by atoms with van der Waals surface area (Å²) in [4.78, 5) is 26.4. The molecule has 0 spiro atoms. The highest BCUT2D eigenvalue weighted by Crippen LogP contribution is 2.17. The van der Waals surface area contributed by atoms with Crippen molar-refractivity contribution in [2.75, 3.05) is 29.9 Å². The van der Waals surface area contributed by atoms with Gasteiger partial charge >= 0.3 is 5.97 Å². The van der Waals surface area contributed by atoms with E-state index in [9.17, 15) is 9.59 Å². The van der Waals surface area contributed by atoms with Gasteiger partial charge in [0.25, 0.3) is 5.91 Å². The summed E-state index contributed by atoms with van der Waals surface area (Å²) in [5.74, 6) is -0.533. The van der Waals surface area contributed by atoms with Crippen molar-refractivity contribution in [1.82, 2.24) is 0 Å². The van der Waals surface area contributed by atoms with E-state index in [0.717, 1.165) is 25.2 Å². The summed E-state index contributed by atoms with van der Waals surface area (Å²) in [5.41, 5.74) is 2.80. The number of benzene rings is 2. The molecule has 0 aliphatic rings. The molecule has 1 amide bonds. The van der Waals surface area contributed by atoms with Gasteiger partial charge in [-0.3, -0.25) is 4.79 Å². The lowest BCUT2D eigenvalue weighted by Crippen LogP contribution is -2.21. The van der Waals surface area contributed by atoms with Gasteiger partial charge in [-0.2, -0.15) is 0 Å². The molecule has 0 unspecified atom stereocenters. The first-order valence-corrected chi connectivity index (χ1v) is 9.02. The molecule has 0 saturated carbocycles. The largest absolute Gasteiger partial charge is 0.462 e. The zero-order valence-electron chi connectivity index (χ0n) is 15.6. The summed E-state index contributed by atoms with van der Waals surface area (Å²) >= 11 is 0. The molecule has 0 aliphatic carbocycles. The topological polar surface area (TPSA) is 58.6 Å². The molecule has 2 aromatic carbocycles. The average molecular weight is 354 g/mol. The smallest absolute Gasteiger partial charge is 0.338 e. The van der Waals surface area contributed by atoms with Gasteiger partial charge in [-0.1, -0.05) is 6.92 Å². The molecule has 0 atom stereocenters. The molecule has 0 fully saturated rings. The van der Waals surface area contributed by atoms with Crippen LogP contribution in [0.1, 0.15) is 47.9 Å². The number of hydrogen-bond acceptors (Lipinski definition) is 4. The minimum Gasteiger partial charge on any atom is -0.462 e. The third-order valence-electron chi connectivity index (χ3n) is 4.07. The third-order valence-corrected chi connectivity index (χ3v) is 4.07. The van der Waals surface area contributed by atoms with Crippen molar-refractivity contribution < 1.29 is 14.3 Å². The van der Waals surface area contributed by atoms with Gasteiger partial charge < -0.3 is 15.0 Å². The summed E-state index contributed by atoms with van der Waals surface area (Å²) in [5, 5.41) is 2.84. The van der Waals surface area contributed by atoms with Crippen LogP contribution in [0.5, 0.6) is 0 Å². The van der Waals surface area contributed by atoms with Crippen LogP contribution in [0, 0.1) is 0 Å². The highest BCUT2D eigenvalue weighted by Gasteiger charge is 2.10. The van der Waals surface area contributed by atoms with Gasteiger partial charge in [0.2, 0.25) is 0 Å². The zero-order valence-corrected chi connectivity index (χ0v) is 15.6. The Balaban J connectivity index is 2.00. The molecular formula is C21H26N2O3. The van der Waals surface area contributed by atoms with Crippen molar-refractivity contribution in [3.8, 4) is 0 Å². The fraction of sp³-hybridized carbons (Fsp3) is 0.333. The van der Waals surface area contributed by atoms with Gasteiger partial charge in [-0.15, -0.1) is 0 Å². The Morgan fingerprint density at radius 2 is 1.46 bits per heavy atom. The number of amides is 1. The molecule has 0 saturated heterocycles. The minimum atomic E-state index is -0.350. The van der Waals surface area contributed by atoms with E-state index in [1.807, 2.05) is 31.2 Å². The van der Waals surface area contributed by atoms with Crippen LogP contribution in [0.3, 0.4) is 0 Å². The van der Waals surface area contributed by atoms with Crippen LogP contribution in [-0.4, -0.2) is 31.6 Å². The quantitative estimate of drug-likeness (QED) is 0.716. The number of rotatable bonds is 8. The van der Waals surface area contributed by atoms with Crippen molar-refractivity contribution >= 4 is 23.3 Å². The van der Waals surface area contributed by atoms with E-state index in [4.69, 9.17) is 4.74 Å². The Labute approximate surface area is 155 Å². The Hall–Kier alpha value is -2.82. The molecule has 0 bridgehead atoms. The average Bonchev–Trinajstić information content (AvgIpc) is 2.68. The van der Waals surface area contributed by atoms with Crippen LogP contribution in [0.25, 0.3) is 0 Å². The molecule has 5 heteroatoms. The van der Waals surface area contributed by atoms with Crippen LogP contribution in [0.2, 0.25) is 0 Å². The lowest BCUT2D eigenvalue weighted by molar-refractivity contribution is 0.0505. The second kappa shape index (κ2) is 9.61. The summed E-state index contributed by atoms with van der Waals surface area (Å²) < 4.78 is 5.09. The Morgan fingerprint density at radius 3 is 2.00 bits per heavy atom. The van der Waals surface area contributed by atoms with Crippen molar-refractivity contribution in [1.29, 1.82) is 0 Å². The number of anilines is 2. The van der Waals surface area contributed by atoms with Crippen LogP contribution in [-0.2, 0) is 4.74 Å². The van der Waals surface area contributed by atoms with Crippen molar-refractivity contribution in [2.24, 2.45) is 0 Å². The van der Waals surface area contributed by atoms with Crippen LogP contribution in [0.4, 0.5) is 11.4 Å². The summed E-state index contributed by atoms with van der Waals surface area (Å²) in [7, 11) is 0. The zero-order chi connectivity index (χ0) is 18.9. The fourth-order valence-corrected chi connectivity index (χ4v) is 2.58. The maximum atomic E-state index is 12.4. The molecular weight excluding hydrogens is 328 g/mol. The first-order chi connectivity index (χ1) is 12.6. The van der Waals surface area contributed by atoms with Crippen LogP contribution >= 0.6 is 0 Å². The Kier molecular flexibility index (Phi) is 7.21. The first kappa shape index (κ1) is 19.5. The highest BCUT2D eigenvalue weighted by molar-refractivity contribution is 6.04. The predicted molar refractivity (Wildman–Crippen MR) is 105 cm³/mol. The van der Waals surface area contributed by atoms with E-state index < -0.39 is 0 Å². The second-order valence-electron chi connectivity index (χ2n) is 5.89. The van der Waals surface area contributed by atoms with E-state index in [1.54, 1.807) is 24.3 Å². The number of ether oxygens (including phenoxy) is 1. The molecule has 0 radical (unpaired) electrons. The molecule has 0 aliphatic heterocycles. The lowest BCUT2D eigenvalue weighted by Gasteiger charge is -2.21. The molecule has 2 rings (SSSR count). The molecule has 26 heavy (non-hydrogen) atoms. The summed E-state index contributed by atoms with van der Waals surface area (Å²) in [6.07, 6.45) is 0.785. The molecule has 2 aromatic rings. The van der Waals surface area contributed by atoms with Crippen LogP contribution in [0.15, 0.2) is 48.5 Å². The monoisotopic (exact) mass is 354 g/mol. The van der Waals surface area contributed by atoms with E-state index in [0.29, 0.717) is 23.4 Å². The van der Waals surface area contributed by atoms with E-state index in [1.165, 1.54) is 0 Å². The van der Waals surface area contributed by atoms with Crippen molar-refractivity contribution in [2.45, 2.75) is 27.2 Å². The third kappa shape index (κ3) is 5.09. The van der Waals surface area contributed by atoms with Gasteiger partial charge in [0.1, 0.15) is 0 Å². The number of esters is 1. The minimum absolute atomic E-state index is 0.183. The van der Waals surface area contributed by atoms with Gasteiger partial charge in [0.15, 0.2) is 0 Å². The normalized spacial score (nSPS) is 10.3. The number of nitrogens with zero attached hydrogens (tertiary/aromatic N) is 1. The van der Waals surface area contributed by atoms with Crippen LogP contribution < -0.4 is 10.2 Å². The van der Waals surface area contributed by atoms with E-state index in [-0.39, 0.29) is 11.9 Å². The van der Waals surface area contributed by atoms with Crippen molar-refractivity contribution in [3.63, 3.8) is 0 Å². The molecule has 138 valence electrons. The predicted octanol–water partition coefficient (Wildman–Crippen LogP) is 4.35. The first-order valence-electron chi connectivity index (χ1n) is 9.02. The van der Waals surface area contributed by atoms with E-state index >= 15 is 0 Å². The summed E-state index contributed by atoms with van der Waals surface area (Å²) in [6.45, 7) is 8.41. The summed E-state index contributed by atoms with van der Waals surface area (Å²) in [6, 6.07) is 14.2. The van der Waals surface area contributed by atoms with E-state index in [2.05, 4.69) is 24.1 Å². The Bertz CT molecular complexity index is 720. The highest BCUT2D eigenvalue weighted by atomic mass is 16.5. The maximum Gasteiger partial charge on any atom is 0.338 e. The Morgan fingerprint density at radius 1 is 0.885 bits per heavy atom. The molecule has 0 heterocycles. The molecule has 0 aromatic heterocycles. The number of carbonyl (C=O) groups is 2. The van der Waals surface area contributed by atoms with Gasteiger partial charge in [-0.25, -0.2) is 4.79 Å². The standard InChI is InChI=1S/C21H26N2O3/c1-4-15-26-21(25)17-7-11-18(12-8-17)22-20(24)16-9-13-19(14-10-16)23(5-2)6-3/h7-14H,4-6,15H2,1-3H3,(H,22,24). The number of carbonyl (C=O) groups excluding carboxylic acids is 2. The fourth-order valence-electron chi connectivity index (χ4n) is 2.58. The van der Waals surface area contributed by atoms with Gasteiger partial charge in [-0.05, 0) is 68.8 Å². The van der Waals surface area contributed by atoms with Gasteiger partial charge in [0, 0.05) is 30.0 Å². The molecule has 1 N–H and O–H groups in total.